The summed E-state index contributed by atoms with van der Waals surface area (Å²) < 4.78 is 10.7. The van der Waals surface area contributed by atoms with E-state index in [9.17, 15) is 14.9 Å². The molecule has 0 spiro atoms. The number of hydrogen-bond acceptors (Lipinski definition) is 7. The van der Waals surface area contributed by atoms with Gasteiger partial charge in [-0.3, -0.25) is 14.9 Å². The van der Waals surface area contributed by atoms with Crippen LogP contribution >= 0.6 is 11.6 Å². The van der Waals surface area contributed by atoms with E-state index in [-0.39, 0.29) is 30.0 Å². The molecule has 0 saturated carbocycles. The molecular formula is C19H13ClN4O5. The summed E-state index contributed by atoms with van der Waals surface area (Å²) in [7, 11) is 0. The Morgan fingerprint density at radius 1 is 1.24 bits per heavy atom. The largest absolute Gasteiger partial charge is 0.454 e. The predicted octanol–water partition coefficient (Wildman–Crippen LogP) is 3.22. The number of ether oxygens (including phenoxy) is 2. The van der Waals surface area contributed by atoms with Crippen molar-refractivity contribution in [2.45, 2.75) is 6.42 Å². The maximum atomic E-state index is 12.0. The molecule has 9 nitrogen and oxygen atoms in total. The Labute approximate surface area is 169 Å². The fourth-order valence-electron chi connectivity index (χ4n) is 2.78. The van der Waals surface area contributed by atoms with Crippen LogP contribution < -0.4 is 14.9 Å². The molecule has 10 heteroatoms. The van der Waals surface area contributed by atoms with Gasteiger partial charge < -0.3 is 9.47 Å². The van der Waals surface area contributed by atoms with Gasteiger partial charge in [0.1, 0.15) is 5.15 Å². The first kappa shape index (κ1) is 18.6. The third-order valence-electron chi connectivity index (χ3n) is 4.19. The SMILES string of the molecule is O=C(Cc1ccc([N+](=O)[O-])cc1)NN=Cc1cc2cc3c(cc2nc1Cl)OCO3. The number of carbonyl (C=O) groups excluding carboxylic acids is 1. The maximum Gasteiger partial charge on any atom is 0.269 e. The molecule has 0 unspecified atom stereocenters. The molecule has 2 aromatic carbocycles. The number of non-ortho nitro benzene ring substituents is 1. The molecule has 0 atom stereocenters. The summed E-state index contributed by atoms with van der Waals surface area (Å²) in [5, 5.41) is 15.6. The topological polar surface area (TPSA) is 116 Å². The lowest BCUT2D eigenvalue weighted by Crippen LogP contribution is -2.19. The first-order chi connectivity index (χ1) is 14.0. The molecule has 1 aliphatic rings. The summed E-state index contributed by atoms with van der Waals surface area (Å²) in [5.74, 6) is 0.866. The lowest BCUT2D eigenvalue weighted by atomic mass is 10.1. The maximum absolute atomic E-state index is 12.0. The first-order valence-electron chi connectivity index (χ1n) is 8.45. The summed E-state index contributed by atoms with van der Waals surface area (Å²) in [6, 6.07) is 11.1. The molecule has 1 N–H and O–H groups in total. The molecule has 0 saturated heterocycles. The number of aromatic nitrogens is 1. The molecule has 0 radical (unpaired) electrons. The van der Waals surface area contributed by atoms with E-state index in [2.05, 4.69) is 15.5 Å². The number of pyridine rings is 1. The number of nitro benzene ring substituents is 1. The highest BCUT2D eigenvalue weighted by atomic mass is 35.5. The van der Waals surface area contributed by atoms with Crippen LogP contribution in [0.4, 0.5) is 5.69 Å². The van der Waals surface area contributed by atoms with Crippen molar-refractivity contribution in [2.75, 3.05) is 6.79 Å². The average Bonchev–Trinajstić information content (AvgIpc) is 3.14. The second-order valence-electron chi connectivity index (χ2n) is 6.16. The van der Waals surface area contributed by atoms with Gasteiger partial charge in [0.05, 0.1) is 23.1 Å². The Morgan fingerprint density at radius 3 is 2.69 bits per heavy atom. The number of benzene rings is 2. The number of nitrogens with one attached hydrogen (secondary N) is 1. The van der Waals surface area contributed by atoms with Crippen molar-refractivity contribution in [2.24, 2.45) is 5.10 Å². The molecule has 0 fully saturated rings. The van der Waals surface area contributed by atoms with E-state index in [0.717, 1.165) is 5.39 Å². The number of halogens is 1. The minimum atomic E-state index is -0.497. The van der Waals surface area contributed by atoms with E-state index in [1.165, 1.54) is 30.5 Å². The minimum Gasteiger partial charge on any atom is -0.454 e. The van der Waals surface area contributed by atoms with Crippen molar-refractivity contribution in [1.82, 2.24) is 10.4 Å². The lowest BCUT2D eigenvalue weighted by molar-refractivity contribution is -0.384. The fraction of sp³-hybridized carbons (Fsp3) is 0.105. The number of fused-ring (bicyclic) bond motifs is 2. The molecule has 0 aliphatic carbocycles. The highest BCUT2D eigenvalue weighted by Crippen LogP contribution is 2.36. The van der Waals surface area contributed by atoms with Gasteiger partial charge in [0.15, 0.2) is 11.5 Å². The van der Waals surface area contributed by atoms with Crippen LogP contribution in [0, 0.1) is 10.1 Å². The van der Waals surface area contributed by atoms with Crippen molar-refractivity contribution >= 4 is 40.3 Å². The standard InChI is InChI=1S/C19H13ClN4O5/c20-19-13(6-12-7-16-17(29-10-28-16)8-15(12)22-19)9-21-23-18(25)5-11-1-3-14(4-2-11)24(26)27/h1-4,6-9H,5,10H2,(H,23,25). The lowest BCUT2D eigenvalue weighted by Gasteiger charge is -2.04. The summed E-state index contributed by atoms with van der Waals surface area (Å²) in [6.45, 7) is 0.161. The average molecular weight is 413 g/mol. The zero-order chi connectivity index (χ0) is 20.4. The molecule has 3 aromatic rings. The summed E-state index contributed by atoms with van der Waals surface area (Å²) in [6.07, 6.45) is 1.43. The van der Waals surface area contributed by atoms with E-state index in [4.69, 9.17) is 21.1 Å². The van der Waals surface area contributed by atoms with Gasteiger partial charge in [-0.15, -0.1) is 0 Å². The van der Waals surface area contributed by atoms with E-state index >= 15 is 0 Å². The normalized spacial score (nSPS) is 12.4. The number of amides is 1. The van der Waals surface area contributed by atoms with Crippen LogP contribution in [0.5, 0.6) is 11.5 Å². The van der Waals surface area contributed by atoms with Gasteiger partial charge in [-0.2, -0.15) is 5.10 Å². The summed E-state index contributed by atoms with van der Waals surface area (Å²) in [5.41, 5.74) is 4.17. The minimum absolute atomic E-state index is 0.0303. The van der Waals surface area contributed by atoms with Gasteiger partial charge in [0, 0.05) is 29.1 Å². The molecule has 1 aromatic heterocycles. The Balaban J connectivity index is 1.43. The van der Waals surface area contributed by atoms with E-state index < -0.39 is 4.92 Å². The smallest absolute Gasteiger partial charge is 0.269 e. The third kappa shape index (κ3) is 4.09. The quantitative estimate of drug-likeness (QED) is 0.297. The van der Waals surface area contributed by atoms with E-state index in [1.54, 1.807) is 18.2 Å². The second-order valence-corrected chi connectivity index (χ2v) is 6.52. The molecule has 29 heavy (non-hydrogen) atoms. The van der Waals surface area contributed by atoms with Gasteiger partial charge in [-0.05, 0) is 17.7 Å². The molecule has 2 heterocycles. The van der Waals surface area contributed by atoms with Gasteiger partial charge in [-0.25, -0.2) is 10.4 Å². The van der Waals surface area contributed by atoms with Crippen LogP contribution in [-0.2, 0) is 11.2 Å². The molecule has 146 valence electrons. The number of rotatable bonds is 5. The Bertz CT molecular complexity index is 1150. The monoisotopic (exact) mass is 412 g/mol. The van der Waals surface area contributed by atoms with Gasteiger partial charge in [0.25, 0.3) is 5.69 Å². The van der Waals surface area contributed by atoms with Gasteiger partial charge >= 0.3 is 0 Å². The Hall–Kier alpha value is -3.72. The van der Waals surface area contributed by atoms with Crippen LogP contribution in [-0.4, -0.2) is 28.8 Å². The van der Waals surface area contributed by atoms with Crippen molar-refractivity contribution in [3.8, 4) is 11.5 Å². The number of nitrogens with zero attached hydrogens (tertiary/aromatic N) is 3. The van der Waals surface area contributed by atoms with Gasteiger partial charge in [-0.1, -0.05) is 23.7 Å². The molecule has 4 rings (SSSR count). The van der Waals surface area contributed by atoms with Crippen LogP contribution in [0.3, 0.4) is 0 Å². The zero-order valence-electron chi connectivity index (χ0n) is 14.8. The van der Waals surface area contributed by atoms with Crippen molar-refractivity contribution in [3.63, 3.8) is 0 Å². The number of hydrogen-bond donors (Lipinski definition) is 1. The van der Waals surface area contributed by atoms with E-state index in [1.807, 2.05) is 0 Å². The molecule has 1 amide bonds. The number of carbonyl (C=O) groups is 1. The highest BCUT2D eigenvalue weighted by Gasteiger charge is 2.15. The third-order valence-corrected chi connectivity index (χ3v) is 4.50. The summed E-state index contributed by atoms with van der Waals surface area (Å²) in [4.78, 5) is 26.5. The van der Waals surface area contributed by atoms with Crippen LogP contribution in [0.25, 0.3) is 10.9 Å². The Kier molecular flexibility index (Phi) is 4.96. The van der Waals surface area contributed by atoms with Crippen LogP contribution in [0.15, 0.2) is 47.6 Å². The predicted molar refractivity (Wildman–Crippen MR) is 105 cm³/mol. The molecular weight excluding hydrogens is 400 g/mol. The van der Waals surface area contributed by atoms with Crippen LogP contribution in [0.2, 0.25) is 5.15 Å². The highest BCUT2D eigenvalue weighted by molar-refractivity contribution is 6.32. The van der Waals surface area contributed by atoms with Crippen molar-refractivity contribution in [1.29, 1.82) is 0 Å². The fourth-order valence-corrected chi connectivity index (χ4v) is 2.98. The van der Waals surface area contributed by atoms with Crippen molar-refractivity contribution < 1.29 is 19.2 Å². The van der Waals surface area contributed by atoms with Crippen molar-refractivity contribution in [3.05, 3.63) is 68.9 Å². The number of nitro groups is 1. The van der Waals surface area contributed by atoms with E-state index in [0.29, 0.717) is 28.1 Å². The van der Waals surface area contributed by atoms with Gasteiger partial charge in [0.2, 0.25) is 12.7 Å². The summed E-state index contributed by atoms with van der Waals surface area (Å²) >= 11 is 6.20. The molecule has 1 aliphatic heterocycles. The number of hydrazone groups is 1. The zero-order valence-corrected chi connectivity index (χ0v) is 15.5. The second kappa shape index (κ2) is 7.72. The Morgan fingerprint density at radius 2 is 1.97 bits per heavy atom. The van der Waals surface area contributed by atoms with Crippen LogP contribution in [0.1, 0.15) is 11.1 Å². The first-order valence-corrected chi connectivity index (χ1v) is 8.82. The molecule has 0 bridgehead atoms.